The number of aliphatic hydroxyl groups is 1. The minimum atomic E-state index is 0.0751. The zero-order valence-corrected chi connectivity index (χ0v) is 9.81. The van der Waals surface area contributed by atoms with Crippen LogP contribution in [-0.4, -0.2) is 37.5 Å². The Morgan fingerprint density at radius 2 is 1.79 bits per heavy atom. The summed E-state index contributed by atoms with van der Waals surface area (Å²) >= 11 is 0. The molecule has 0 unspecified atom stereocenters. The minimum absolute atomic E-state index is 0.0751. The molecule has 0 amide bonds. The van der Waals surface area contributed by atoms with Crippen molar-refractivity contribution in [2.75, 3.05) is 26.9 Å². The lowest BCUT2D eigenvalue weighted by Gasteiger charge is -2.25. The van der Waals surface area contributed by atoms with Crippen molar-refractivity contribution in [3.05, 3.63) is 0 Å². The van der Waals surface area contributed by atoms with Crippen LogP contribution in [0.25, 0.3) is 0 Å². The third-order valence-electron chi connectivity index (χ3n) is 2.19. The summed E-state index contributed by atoms with van der Waals surface area (Å²) in [6, 6.07) is 0. The van der Waals surface area contributed by atoms with Gasteiger partial charge < -0.3 is 15.2 Å². The van der Waals surface area contributed by atoms with Gasteiger partial charge in [-0.3, -0.25) is 0 Å². The van der Waals surface area contributed by atoms with Crippen LogP contribution in [0, 0.1) is 0 Å². The molecule has 0 aromatic rings. The van der Waals surface area contributed by atoms with Gasteiger partial charge in [-0.25, -0.2) is 0 Å². The Balaban J connectivity index is 3.26. The molecular formula is C11H25NO2. The van der Waals surface area contributed by atoms with Gasteiger partial charge in [0.15, 0.2) is 0 Å². The highest BCUT2D eigenvalue weighted by Crippen LogP contribution is 2.03. The largest absolute Gasteiger partial charge is 0.396 e. The monoisotopic (exact) mass is 203 g/mol. The van der Waals surface area contributed by atoms with E-state index in [4.69, 9.17) is 9.84 Å². The summed E-state index contributed by atoms with van der Waals surface area (Å²) in [5.41, 5.74) is 0.0751. The quantitative estimate of drug-likeness (QED) is 0.559. The maximum atomic E-state index is 8.59. The summed E-state index contributed by atoms with van der Waals surface area (Å²) in [7, 11) is 1.73. The van der Waals surface area contributed by atoms with E-state index in [1.165, 1.54) is 12.8 Å². The van der Waals surface area contributed by atoms with Gasteiger partial charge in [0.1, 0.15) is 0 Å². The highest BCUT2D eigenvalue weighted by Gasteiger charge is 2.15. The average molecular weight is 203 g/mol. The van der Waals surface area contributed by atoms with Gasteiger partial charge in [0.05, 0.1) is 6.61 Å². The van der Waals surface area contributed by atoms with Crippen molar-refractivity contribution in [2.45, 2.75) is 45.1 Å². The Morgan fingerprint density at radius 1 is 1.14 bits per heavy atom. The fourth-order valence-electron chi connectivity index (χ4n) is 1.43. The summed E-state index contributed by atoms with van der Waals surface area (Å²) in [5.74, 6) is 0. The number of hydrogen-bond acceptors (Lipinski definition) is 3. The Labute approximate surface area is 87.8 Å². The number of ether oxygens (including phenoxy) is 1. The zero-order chi connectivity index (χ0) is 10.9. The summed E-state index contributed by atoms with van der Waals surface area (Å²) in [5, 5.41) is 12.0. The third kappa shape index (κ3) is 8.48. The molecule has 0 spiro atoms. The summed E-state index contributed by atoms with van der Waals surface area (Å²) < 4.78 is 5.11. The van der Waals surface area contributed by atoms with E-state index >= 15 is 0 Å². The van der Waals surface area contributed by atoms with Gasteiger partial charge >= 0.3 is 0 Å². The van der Waals surface area contributed by atoms with Gasteiger partial charge in [0, 0.05) is 19.3 Å². The molecule has 0 fully saturated rings. The van der Waals surface area contributed by atoms with E-state index in [0.29, 0.717) is 6.61 Å². The SMILES string of the molecule is COCC(C)(C)NCCCCCCO. The lowest BCUT2D eigenvalue weighted by molar-refractivity contribution is 0.128. The highest BCUT2D eigenvalue weighted by atomic mass is 16.5. The molecule has 0 radical (unpaired) electrons. The molecule has 0 bridgehead atoms. The second kappa shape index (κ2) is 8.21. The van der Waals surface area contributed by atoms with Crippen molar-refractivity contribution in [3.63, 3.8) is 0 Å². The molecule has 2 N–H and O–H groups in total. The van der Waals surface area contributed by atoms with Crippen LogP contribution in [0.4, 0.5) is 0 Å². The fourth-order valence-corrected chi connectivity index (χ4v) is 1.43. The molecule has 3 heteroatoms. The van der Waals surface area contributed by atoms with Crippen LogP contribution in [0.3, 0.4) is 0 Å². The molecule has 0 aliphatic heterocycles. The summed E-state index contributed by atoms with van der Waals surface area (Å²) in [6.45, 7) is 6.38. The first-order chi connectivity index (χ1) is 6.62. The topological polar surface area (TPSA) is 41.5 Å². The minimum Gasteiger partial charge on any atom is -0.396 e. The Morgan fingerprint density at radius 3 is 2.36 bits per heavy atom. The van der Waals surface area contributed by atoms with Crippen molar-refractivity contribution >= 4 is 0 Å². The van der Waals surface area contributed by atoms with Crippen LogP contribution in [0.5, 0.6) is 0 Å². The van der Waals surface area contributed by atoms with Crippen molar-refractivity contribution in [1.29, 1.82) is 0 Å². The molecule has 3 nitrogen and oxygen atoms in total. The van der Waals surface area contributed by atoms with Crippen LogP contribution >= 0.6 is 0 Å². The van der Waals surface area contributed by atoms with Gasteiger partial charge in [-0.05, 0) is 33.2 Å². The van der Waals surface area contributed by atoms with Gasteiger partial charge in [0.2, 0.25) is 0 Å². The Kier molecular flexibility index (Phi) is 8.14. The van der Waals surface area contributed by atoms with Gasteiger partial charge in [-0.15, -0.1) is 0 Å². The first kappa shape index (κ1) is 13.9. The molecule has 0 heterocycles. The number of rotatable bonds is 9. The van der Waals surface area contributed by atoms with Crippen LogP contribution in [-0.2, 0) is 4.74 Å². The number of nitrogens with one attached hydrogen (secondary N) is 1. The molecule has 0 aromatic carbocycles. The average Bonchev–Trinajstić information content (AvgIpc) is 2.11. The Hall–Kier alpha value is -0.120. The number of methoxy groups -OCH3 is 1. The van der Waals surface area contributed by atoms with Crippen LogP contribution in [0.15, 0.2) is 0 Å². The van der Waals surface area contributed by atoms with E-state index in [1.54, 1.807) is 7.11 Å². The van der Waals surface area contributed by atoms with Crippen LogP contribution in [0.1, 0.15) is 39.5 Å². The second-order valence-corrected chi connectivity index (χ2v) is 4.38. The molecule has 0 rings (SSSR count). The lowest BCUT2D eigenvalue weighted by atomic mass is 10.1. The van der Waals surface area contributed by atoms with Gasteiger partial charge in [0.25, 0.3) is 0 Å². The maximum Gasteiger partial charge on any atom is 0.0639 e. The summed E-state index contributed by atoms with van der Waals surface area (Å²) in [6.07, 6.45) is 4.42. The Bertz CT molecular complexity index is 126. The number of unbranched alkanes of at least 4 members (excludes halogenated alkanes) is 3. The van der Waals surface area contributed by atoms with Gasteiger partial charge in [-0.1, -0.05) is 12.8 Å². The van der Waals surface area contributed by atoms with Crippen molar-refractivity contribution in [1.82, 2.24) is 5.32 Å². The number of aliphatic hydroxyl groups excluding tert-OH is 1. The molecular weight excluding hydrogens is 178 g/mol. The normalized spacial score (nSPS) is 12.0. The molecule has 0 saturated carbocycles. The van der Waals surface area contributed by atoms with E-state index in [9.17, 15) is 0 Å². The maximum absolute atomic E-state index is 8.59. The number of hydrogen-bond donors (Lipinski definition) is 2. The molecule has 0 atom stereocenters. The predicted octanol–water partition coefficient (Wildman–Crippen LogP) is 1.55. The van der Waals surface area contributed by atoms with E-state index in [2.05, 4.69) is 19.2 Å². The van der Waals surface area contributed by atoms with Crippen molar-refractivity contribution in [2.24, 2.45) is 0 Å². The van der Waals surface area contributed by atoms with E-state index in [-0.39, 0.29) is 5.54 Å². The molecule has 14 heavy (non-hydrogen) atoms. The third-order valence-corrected chi connectivity index (χ3v) is 2.19. The molecule has 0 aromatic heterocycles. The van der Waals surface area contributed by atoms with Gasteiger partial charge in [-0.2, -0.15) is 0 Å². The molecule has 0 aliphatic carbocycles. The first-order valence-corrected chi connectivity index (χ1v) is 5.47. The van der Waals surface area contributed by atoms with E-state index < -0.39 is 0 Å². The highest BCUT2D eigenvalue weighted by molar-refractivity contribution is 4.76. The van der Waals surface area contributed by atoms with Crippen molar-refractivity contribution < 1.29 is 9.84 Å². The molecule has 86 valence electrons. The first-order valence-electron chi connectivity index (χ1n) is 5.47. The molecule has 0 saturated heterocycles. The summed E-state index contributed by atoms with van der Waals surface area (Å²) in [4.78, 5) is 0. The predicted molar refractivity (Wildman–Crippen MR) is 59.5 cm³/mol. The van der Waals surface area contributed by atoms with Crippen LogP contribution in [0.2, 0.25) is 0 Å². The standard InChI is InChI=1S/C11H25NO2/c1-11(2,10-14-3)12-8-6-4-5-7-9-13/h12-13H,4-10H2,1-3H3. The smallest absolute Gasteiger partial charge is 0.0639 e. The van der Waals surface area contributed by atoms with Crippen molar-refractivity contribution in [3.8, 4) is 0 Å². The van der Waals surface area contributed by atoms with E-state index in [1.807, 2.05) is 0 Å². The zero-order valence-electron chi connectivity index (χ0n) is 9.81. The lowest BCUT2D eigenvalue weighted by Crippen LogP contribution is -2.43. The van der Waals surface area contributed by atoms with Crippen LogP contribution < -0.4 is 5.32 Å². The second-order valence-electron chi connectivity index (χ2n) is 4.38. The molecule has 0 aliphatic rings. The van der Waals surface area contributed by atoms with E-state index in [0.717, 1.165) is 26.0 Å². The fraction of sp³-hybridized carbons (Fsp3) is 1.00.